The quantitative estimate of drug-likeness (QED) is 0.785. The van der Waals surface area contributed by atoms with E-state index < -0.39 is 0 Å². The first kappa shape index (κ1) is 14.9. The smallest absolute Gasteiger partial charge is 0.231 e. The second-order valence-corrected chi connectivity index (χ2v) is 7.04. The summed E-state index contributed by atoms with van der Waals surface area (Å²) < 4.78 is 0. The summed E-state index contributed by atoms with van der Waals surface area (Å²) in [5, 5.41) is 14.4. The first-order valence-electron chi connectivity index (χ1n) is 6.85. The van der Waals surface area contributed by atoms with Gasteiger partial charge in [0.05, 0.1) is 6.42 Å². The van der Waals surface area contributed by atoms with Crippen LogP contribution in [0.15, 0.2) is 35.7 Å². The zero-order chi connectivity index (χ0) is 15.5. The zero-order valence-electron chi connectivity index (χ0n) is 12.3. The summed E-state index contributed by atoms with van der Waals surface area (Å²) in [5.41, 5.74) is 3.43. The van der Waals surface area contributed by atoms with E-state index in [1.807, 2.05) is 23.6 Å². The number of thiophene rings is 1. The van der Waals surface area contributed by atoms with E-state index in [2.05, 4.69) is 41.5 Å². The lowest BCUT2D eigenvalue weighted by Crippen LogP contribution is -2.13. The molecule has 0 aliphatic rings. The van der Waals surface area contributed by atoms with Gasteiger partial charge in [-0.2, -0.15) is 0 Å². The Labute approximate surface area is 136 Å². The number of aryl methyl sites for hydroxylation is 2. The third-order valence-electron chi connectivity index (χ3n) is 3.20. The minimum Gasteiger partial charge on any atom is -0.300 e. The van der Waals surface area contributed by atoms with Gasteiger partial charge in [-0.3, -0.25) is 4.79 Å². The maximum absolute atomic E-state index is 12.0. The maximum Gasteiger partial charge on any atom is 0.231 e. The van der Waals surface area contributed by atoms with E-state index in [1.54, 1.807) is 11.3 Å². The highest BCUT2D eigenvalue weighted by Gasteiger charge is 2.12. The molecule has 0 fully saturated rings. The Morgan fingerprint density at radius 3 is 2.82 bits per heavy atom. The van der Waals surface area contributed by atoms with Gasteiger partial charge < -0.3 is 5.32 Å². The Balaban J connectivity index is 1.72. The van der Waals surface area contributed by atoms with E-state index in [0.29, 0.717) is 11.6 Å². The van der Waals surface area contributed by atoms with Crippen LogP contribution in [0.1, 0.15) is 16.0 Å². The standard InChI is InChI=1S/C16H15N3OS2/c1-10-5-6-13(11(2)8-10)15-18-19-16(22-15)17-14(20)9-12-4-3-7-21-12/h3-8H,9H2,1-2H3,(H,17,19,20). The van der Waals surface area contributed by atoms with Gasteiger partial charge in [0.25, 0.3) is 0 Å². The number of nitrogens with zero attached hydrogens (tertiary/aromatic N) is 2. The second kappa shape index (κ2) is 6.37. The molecule has 1 N–H and O–H groups in total. The van der Waals surface area contributed by atoms with Gasteiger partial charge in [0.1, 0.15) is 5.01 Å². The number of rotatable bonds is 4. The van der Waals surface area contributed by atoms with Gasteiger partial charge in [-0.15, -0.1) is 21.5 Å². The Kier molecular flexibility index (Phi) is 4.31. The number of benzene rings is 1. The van der Waals surface area contributed by atoms with Crippen molar-refractivity contribution in [3.63, 3.8) is 0 Å². The number of anilines is 1. The van der Waals surface area contributed by atoms with Gasteiger partial charge >= 0.3 is 0 Å². The topological polar surface area (TPSA) is 54.9 Å². The van der Waals surface area contributed by atoms with Crippen LogP contribution in [0, 0.1) is 13.8 Å². The van der Waals surface area contributed by atoms with Crippen molar-refractivity contribution < 1.29 is 4.79 Å². The Morgan fingerprint density at radius 1 is 1.23 bits per heavy atom. The summed E-state index contributed by atoms with van der Waals surface area (Å²) in [4.78, 5) is 13.0. The molecule has 3 aromatic rings. The normalized spacial score (nSPS) is 10.6. The molecule has 22 heavy (non-hydrogen) atoms. The number of carbonyl (C=O) groups is 1. The minimum absolute atomic E-state index is 0.0641. The van der Waals surface area contributed by atoms with Crippen molar-refractivity contribution in [3.8, 4) is 10.6 Å². The van der Waals surface area contributed by atoms with E-state index in [4.69, 9.17) is 0 Å². The van der Waals surface area contributed by atoms with Crippen molar-refractivity contribution in [1.29, 1.82) is 0 Å². The van der Waals surface area contributed by atoms with Crippen LogP contribution in [-0.2, 0) is 11.2 Å². The van der Waals surface area contributed by atoms with Gasteiger partial charge in [0.15, 0.2) is 0 Å². The Morgan fingerprint density at radius 2 is 2.09 bits per heavy atom. The number of hydrogen-bond donors (Lipinski definition) is 1. The lowest BCUT2D eigenvalue weighted by molar-refractivity contribution is -0.115. The Hall–Kier alpha value is -2.05. The summed E-state index contributed by atoms with van der Waals surface area (Å²) in [6, 6.07) is 10.1. The molecule has 1 aromatic carbocycles. The molecule has 0 unspecified atom stereocenters. The molecule has 0 aliphatic heterocycles. The molecule has 0 saturated carbocycles. The molecule has 3 rings (SSSR count). The van der Waals surface area contributed by atoms with Crippen LogP contribution >= 0.6 is 22.7 Å². The summed E-state index contributed by atoms with van der Waals surface area (Å²) in [5.74, 6) is -0.0641. The third-order valence-corrected chi connectivity index (χ3v) is 4.95. The van der Waals surface area contributed by atoms with Crippen molar-refractivity contribution >= 4 is 33.7 Å². The molecule has 0 spiro atoms. The van der Waals surface area contributed by atoms with Crippen molar-refractivity contribution in [2.75, 3.05) is 5.32 Å². The monoisotopic (exact) mass is 329 g/mol. The minimum atomic E-state index is -0.0641. The highest BCUT2D eigenvalue weighted by molar-refractivity contribution is 7.18. The fourth-order valence-electron chi connectivity index (χ4n) is 2.17. The lowest BCUT2D eigenvalue weighted by Gasteiger charge is -2.02. The highest BCUT2D eigenvalue weighted by Crippen LogP contribution is 2.29. The van der Waals surface area contributed by atoms with Gasteiger partial charge in [-0.1, -0.05) is 41.2 Å². The predicted molar refractivity (Wildman–Crippen MR) is 91.5 cm³/mol. The van der Waals surface area contributed by atoms with Gasteiger partial charge in [0.2, 0.25) is 11.0 Å². The molecule has 1 amide bonds. The first-order valence-corrected chi connectivity index (χ1v) is 8.55. The van der Waals surface area contributed by atoms with Crippen LogP contribution in [0.2, 0.25) is 0 Å². The predicted octanol–water partition coefficient (Wildman–Crippen LogP) is 4.06. The van der Waals surface area contributed by atoms with Crippen LogP contribution in [-0.4, -0.2) is 16.1 Å². The molecule has 0 aliphatic carbocycles. The molecule has 0 bridgehead atoms. The van der Waals surface area contributed by atoms with E-state index in [1.165, 1.54) is 16.9 Å². The van der Waals surface area contributed by atoms with Crippen LogP contribution in [0.4, 0.5) is 5.13 Å². The molecule has 2 aromatic heterocycles. The number of nitrogens with one attached hydrogen (secondary N) is 1. The third kappa shape index (κ3) is 3.40. The highest BCUT2D eigenvalue weighted by atomic mass is 32.1. The molecule has 112 valence electrons. The van der Waals surface area contributed by atoms with Crippen molar-refractivity contribution in [2.24, 2.45) is 0 Å². The van der Waals surface area contributed by atoms with Gasteiger partial charge in [0, 0.05) is 10.4 Å². The summed E-state index contributed by atoms with van der Waals surface area (Å²) in [6.45, 7) is 4.12. The fourth-order valence-corrected chi connectivity index (χ4v) is 3.72. The Bertz CT molecular complexity index is 794. The zero-order valence-corrected chi connectivity index (χ0v) is 13.9. The molecular formula is C16H15N3OS2. The summed E-state index contributed by atoms with van der Waals surface area (Å²) >= 11 is 2.97. The number of carbonyl (C=O) groups excluding carboxylic acids is 1. The largest absolute Gasteiger partial charge is 0.300 e. The average Bonchev–Trinajstić information content (AvgIpc) is 3.10. The lowest BCUT2D eigenvalue weighted by atomic mass is 10.1. The summed E-state index contributed by atoms with van der Waals surface area (Å²) in [7, 11) is 0. The molecule has 4 nitrogen and oxygen atoms in total. The van der Waals surface area contributed by atoms with Crippen molar-refractivity contribution in [2.45, 2.75) is 20.3 Å². The van der Waals surface area contributed by atoms with Gasteiger partial charge in [-0.05, 0) is 30.9 Å². The first-order chi connectivity index (χ1) is 10.6. The molecule has 0 atom stereocenters. The molecule has 6 heteroatoms. The fraction of sp³-hybridized carbons (Fsp3) is 0.188. The van der Waals surface area contributed by atoms with Crippen LogP contribution < -0.4 is 5.32 Å². The number of hydrogen-bond acceptors (Lipinski definition) is 5. The van der Waals surface area contributed by atoms with Crippen molar-refractivity contribution in [1.82, 2.24) is 10.2 Å². The maximum atomic E-state index is 12.0. The summed E-state index contributed by atoms with van der Waals surface area (Å²) in [6.07, 6.45) is 0.371. The second-order valence-electron chi connectivity index (χ2n) is 5.04. The molecule has 2 heterocycles. The van der Waals surface area contributed by atoms with Crippen molar-refractivity contribution in [3.05, 3.63) is 51.7 Å². The molecule has 0 radical (unpaired) electrons. The van der Waals surface area contributed by atoms with E-state index in [9.17, 15) is 4.79 Å². The SMILES string of the molecule is Cc1ccc(-c2nnc(NC(=O)Cc3cccs3)s2)c(C)c1. The number of amides is 1. The van der Waals surface area contributed by atoms with E-state index >= 15 is 0 Å². The van der Waals surface area contributed by atoms with Crippen LogP contribution in [0.25, 0.3) is 10.6 Å². The van der Waals surface area contributed by atoms with E-state index in [-0.39, 0.29) is 5.91 Å². The average molecular weight is 329 g/mol. The number of aromatic nitrogens is 2. The van der Waals surface area contributed by atoms with Gasteiger partial charge in [-0.25, -0.2) is 0 Å². The van der Waals surface area contributed by atoms with Crippen LogP contribution in [0.3, 0.4) is 0 Å². The van der Waals surface area contributed by atoms with Crippen LogP contribution in [0.5, 0.6) is 0 Å². The molecular weight excluding hydrogens is 314 g/mol. The van der Waals surface area contributed by atoms with E-state index in [0.717, 1.165) is 21.0 Å². The molecule has 0 saturated heterocycles.